The zero-order valence-electron chi connectivity index (χ0n) is 21.8. The molecule has 0 saturated carbocycles. The van der Waals surface area contributed by atoms with E-state index in [0.717, 1.165) is 85.9 Å². The summed E-state index contributed by atoms with van der Waals surface area (Å²) in [4.78, 5) is 22.4. The van der Waals surface area contributed by atoms with Crippen LogP contribution in [0.25, 0.3) is 10.9 Å². The van der Waals surface area contributed by atoms with Gasteiger partial charge in [-0.3, -0.25) is 14.7 Å². The van der Waals surface area contributed by atoms with Crippen LogP contribution in [0.2, 0.25) is 0 Å². The SMILES string of the molecule is Cc1ccc(OCCCCN2CCCN(Cc3ccc4ccccc4n3)CC2)c2c1NC(=O)C2(C)C. The van der Waals surface area contributed by atoms with E-state index in [0.29, 0.717) is 6.61 Å². The minimum atomic E-state index is -0.559. The molecule has 1 fully saturated rings. The van der Waals surface area contributed by atoms with Crippen LogP contribution in [0, 0.1) is 6.92 Å². The van der Waals surface area contributed by atoms with Gasteiger partial charge in [-0.25, -0.2) is 0 Å². The Labute approximate surface area is 214 Å². The number of fused-ring (bicyclic) bond motifs is 2. The number of carbonyl (C=O) groups excluding carboxylic acids is 1. The van der Waals surface area contributed by atoms with Crippen LogP contribution in [-0.2, 0) is 16.8 Å². The first-order chi connectivity index (χ1) is 17.4. The zero-order valence-corrected chi connectivity index (χ0v) is 21.8. The molecular formula is C30H38N4O2. The van der Waals surface area contributed by atoms with Crippen molar-refractivity contribution in [3.05, 3.63) is 65.4 Å². The minimum absolute atomic E-state index is 0.0447. The third-order valence-corrected chi connectivity index (χ3v) is 7.66. The summed E-state index contributed by atoms with van der Waals surface area (Å²) in [5.74, 6) is 0.884. The van der Waals surface area contributed by atoms with Crippen molar-refractivity contribution < 1.29 is 9.53 Å². The van der Waals surface area contributed by atoms with Gasteiger partial charge in [0.15, 0.2) is 0 Å². The highest BCUT2D eigenvalue weighted by Gasteiger charge is 2.41. The number of hydrogen-bond donors (Lipinski definition) is 1. The Bertz CT molecular complexity index is 1240. The molecule has 0 spiro atoms. The number of carbonyl (C=O) groups is 1. The van der Waals surface area contributed by atoms with Gasteiger partial charge in [0, 0.05) is 30.6 Å². The molecule has 1 amide bonds. The Kier molecular flexibility index (Phi) is 7.26. The van der Waals surface area contributed by atoms with Crippen molar-refractivity contribution in [2.45, 2.75) is 52.0 Å². The number of aromatic nitrogens is 1. The van der Waals surface area contributed by atoms with Crippen LogP contribution in [-0.4, -0.2) is 60.0 Å². The zero-order chi connectivity index (χ0) is 25.1. The number of ether oxygens (including phenoxy) is 1. The molecule has 2 aromatic carbocycles. The maximum absolute atomic E-state index is 12.4. The lowest BCUT2D eigenvalue weighted by molar-refractivity contribution is -0.119. The molecule has 0 atom stereocenters. The lowest BCUT2D eigenvalue weighted by atomic mass is 9.85. The lowest BCUT2D eigenvalue weighted by Crippen LogP contribution is -2.31. The van der Waals surface area contributed by atoms with Crippen LogP contribution in [0.15, 0.2) is 48.5 Å². The highest BCUT2D eigenvalue weighted by molar-refractivity contribution is 6.07. The second-order valence-electron chi connectivity index (χ2n) is 10.7. The first-order valence-electron chi connectivity index (χ1n) is 13.3. The Morgan fingerprint density at radius 2 is 1.78 bits per heavy atom. The van der Waals surface area contributed by atoms with E-state index in [1.54, 1.807) is 0 Å². The third-order valence-electron chi connectivity index (χ3n) is 7.66. The standard InChI is InChI=1S/C30H38N4O2/c1-22-11-14-26(27-28(22)32-29(35)30(27,2)3)36-20-7-6-15-33-16-8-17-34(19-18-33)21-24-13-12-23-9-4-5-10-25(23)31-24/h4-5,9-14H,6-8,15-21H2,1-3H3,(H,32,35). The average molecular weight is 487 g/mol. The van der Waals surface area contributed by atoms with E-state index in [2.05, 4.69) is 51.5 Å². The Hall–Kier alpha value is -2.96. The molecule has 1 aromatic heterocycles. The lowest BCUT2D eigenvalue weighted by Gasteiger charge is -2.22. The molecule has 6 heteroatoms. The Balaban J connectivity index is 1.07. The van der Waals surface area contributed by atoms with Gasteiger partial charge < -0.3 is 15.0 Å². The molecule has 2 aliphatic rings. The average Bonchev–Trinajstić information content (AvgIpc) is 3.00. The molecule has 1 N–H and O–H groups in total. The highest BCUT2D eigenvalue weighted by Crippen LogP contribution is 2.45. The quantitative estimate of drug-likeness (QED) is 0.447. The van der Waals surface area contributed by atoms with Crippen molar-refractivity contribution in [1.82, 2.24) is 14.8 Å². The summed E-state index contributed by atoms with van der Waals surface area (Å²) in [5.41, 5.74) is 4.69. The molecule has 0 radical (unpaired) electrons. The van der Waals surface area contributed by atoms with Gasteiger partial charge in [0.2, 0.25) is 5.91 Å². The molecular weight excluding hydrogens is 448 g/mol. The monoisotopic (exact) mass is 486 g/mol. The molecule has 0 bridgehead atoms. The van der Waals surface area contributed by atoms with Gasteiger partial charge in [-0.2, -0.15) is 0 Å². The first-order valence-corrected chi connectivity index (χ1v) is 13.3. The number of aryl methyl sites for hydroxylation is 1. The fourth-order valence-corrected chi connectivity index (χ4v) is 5.42. The predicted octanol–water partition coefficient (Wildman–Crippen LogP) is 5.14. The summed E-state index contributed by atoms with van der Waals surface area (Å²) in [6.07, 6.45) is 3.31. The fraction of sp³-hybridized carbons (Fsp3) is 0.467. The van der Waals surface area contributed by atoms with Gasteiger partial charge >= 0.3 is 0 Å². The van der Waals surface area contributed by atoms with Crippen LogP contribution in [0.4, 0.5) is 5.69 Å². The van der Waals surface area contributed by atoms with Crippen LogP contribution in [0.1, 0.15) is 49.9 Å². The smallest absolute Gasteiger partial charge is 0.234 e. The number of benzene rings is 2. The molecule has 2 aliphatic heterocycles. The van der Waals surface area contributed by atoms with Crippen LogP contribution < -0.4 is 10.1 Å². The van der Waals surface area contributed by atoms with E-state index in [-0.39, 0.29) is 5.91 Å². The van der Waals surface area contributed by atoms with Gasteiger partial charge in [0.25, 0.3) is 0 Å². The number of nitrogens with one attached hydrogen (secondary N) is 1. The molecule has 3 heterocycles. The van der Waals surface area contributed by atoms with Crippen molar-refractivity contribution in [2.24, 2.45) is 0 Å². The van der Waals surface area contributed by atoms with E-state index in [1.807, 2.05) is 32.9 Å². The van der Waals surface area contributed by atoms with Gasteiger partial charge in [0.1, 0.15) is 5.75 Å². The summed E-state index contributed by atoms with van der Waals surface area (Å²) in [5, 5.41) is 4.24. The topological polar surface area (TPSA) is 57.7 Å². The largest absolute Gasteiger partial charge is 0.493 e. The molecule has 3 aromatic rings. The first kappa shape index (κ1) is 24.7. The number of rotatable bonds is 8. The van der Waals surface area contributed by atoms with Gasteiger partial charge in [-0.15, -0.1) is 0 Å². The maximum Gasteiger partial charge on any atom is 0.234 e. The molecule has 0 aliphatic carbocycles. The second kappa shape index (κ2) is 10.6. The molecule has 5 rings (SSSR count). The number of anilines is 1. The van der Waals surface area contributed by atoms with Gasteiger partial charge in [-0.1, -0.05) is 30.3 Å². The maximum atomic E-state index is 12.4. The van der Waals surface area contributed by atoms with Crippen molar-refractivity contribution in [3.63, 3.8) is 0 Å². The number of amides is 1. The predicted molar refractivity (Wildman–Crippen MR) is 146 cm³/mol. The molecule has 6 nitrogen and oxygen atoms in total. The van der Waals surface area contributed by atoms with Crippen LogP contribution in [0.3, 0.4) is 0 Å². The number of nitrogens with zero attached hydrogens (tertiary/aromatic N) is 3. The van der Waals surface area contributed by atoms with Crippen molar-refractivity contribution >= 4 is 22.5 Å². The van der Waals surface area contributed by atoms with E-state index in [9.17, 15) is 4.79 Å². The number of hydrogen-bond acceptors (Lipinski definition) is 5. The van der Waals surface area contributed by atoms with Gasteiger partial charge in [-0.05, 0) is 83.4 Å². The molecule has 36 heavy (non-hydrogen) atoms. The normalized spacial score (nSPS) is 18.1. The Morgan fingerprint density at radius 3 is 2.67 bits per heavy atom. The fourth-order valence-electron chi connectivity index (χ4n) is 5.42. The van der Waals surface area contributed by atoms with Crippen LogP contribution in [0.5, 0.6) is 5.75 Å². The number of pyridine rings is 1. The highest BCUT2D eigenvalue weighted by atomic mass is 16.5. The second-order valence-corrected chi connectivity index (χ2v) is 10.7. The molecule has 190 valence electrons. The Morgan fingerprint density at radius 1 is 0.972 bits per heavy atom. The summed E-state index contributed by atoms with van der Waals surface area (Å²) in [6.45, 7) is 13.1. The van der Waals surface area contributed by atoms with E-state index < -0.39 is 5.41 Å². The molecule has 0 unspecified atom stereocenters. The van der Waals surface area contributed by atoms with Crippen molar-refractivity contribution in [3.8, 4) is 5.75 Å². The molecule has 1 saturated heterocycles. The minimum Gasteiger partial charge on any atom is -0.493 e. The summed E-state index contributed by atoms with van der Waals surface area (Å²) >= 11 is 0. The number of para-hydroxylation sites is 1. The third kappa shape index (κ3) is 5.25. The van der Waals surface area contributed by atoms with Crippen molar-refractivity contribution in [2.75, 3.05) is 44.6 Å². The summed E-state index contributed by atoms with van der Waals surface area (Å²) in [6, 6.07) is 16.7. The van der Waals surface area contributed by atoms with Gasteiger partial charge in [0.05, 0.1) is 28.9 Å². The van der Waals surface area contributed by atoms with E-state index in [4.69, 9.17) is 9.72 Å². The van der Waals surface area contributed by atoms with Crippen molar-refractivity contribution in [1.29, 1.82) is 0 Å². The summed E-state index contributed by atoms with van der Waals surface area (Å²) in [7, 11) is 0. The van der Waals surface area contributed by atoms with E-state index >= 15 is 0 Å². The number of unbranched alkanes of at least 4 members (excludes halogenated alkanes) is 1. The van der Waals surface area contributed by atoms with Crippen LogP contribution >= 0.6 is 0 Å². The van der Waals surface area contributed by atoms with E-state index in [1.165, 1.54) is 11.8 Å². The summed E-state index contributed by atoms with van der Waals surface area (Å²) < 4.78 is 6.19.